The molecule has 1 aliphatic heterocycles. The number of hydrogen-bond acceptors (Lipinski definition) is 2. The third-order valence-electron chi connectivity index (χ3n) is 5.19. The van der Waals surface area contributed by atoms with Gasteiger partial charge in [0.2, 0.25) is 11.8 Å². The molecule has 2 amide bonds. The lowest BCUT2D eigenvalue weighted by Crippen LogP contribution is -2.49. The van der Waals surface area contributed by atoms with Crippen molar-refractivity contribution < 1.29 is 9.59 Å². The van der Waals surface area contributed by atoms with E-state index >= 15 is 0 Å². The van der Waals surface area contributed by atoms with Crippen molar-refractivity contribution in [1.29, 1.82) is 0 Å². The van der Waals surface area contributed by atoms with Gasteiger partial charge in [0, 0.05) is 19.5 Å². The van der Waals surface area contributed by atoms with Gasteiger partial charge in [-0.15, -0.1) is 0 Å². The Morgan fingerprint density at radius 1 is 1.04 bits per heavy atom. The Bertz CT molecular complexity index is 795. The number of carbonyl (C=O) groups excluding carboxylic acids is 2. The second kappa shape index (κ2) is 8.85. The Kier molecular flexibility index (Phi) is 6.28. The Morgan fingerprint density at radius 2 is 1.74 bits per heavy atom. The Balaban J connectivity index is 1.72. The first kappa shape index (κ1) is 19.2. The average molecular weight is 364 g/mol. The molecule has 27 heavy (non-hydrogen) atoms. The van der Waals surface area contributed by atoms with Gasteiger partial charge >= 0.3 is 0 Å². The Morgan fingerprint density at radius 3 is 2.44 bits per heavy atom. The molecular weight excluding hydrogens is 336 g/mol. The van der Waals surface area contributed by atoms with Crippen LogP contribution in [0.15, 0.2) is 48.5 Å². The SMILES string of the molecule is Cc1ccc(C)c(CC(=O)NC(Cc2ccccc2)C(=O)N2CCCC2)c1. The van der Waals surface area contributed by atoms with Crippen LogP contribution in [0.2, 0.25) is 0 Å². The van der Waals surface area contributed by atoms with Crippen LogP contribution in [0.5, 0.6) is 0 Å². The lowest BCUT2D eigenvalue weighted by molar-refractivity contribution is -0.135. The highest BCUT2D eigenvalue weighted by atomic mass is 16.2. The van der Waals surface area contributed by atoms with Crippen molar-refractivity contribution in [2.24, 2.45) is 0 Å². The summed E-state index contributed by atoms with van der Waals surface area (Å²) >= 11 is 0. The summed E-state index contributed by atoms with van der Waals surface area (Å²) < 4.78 is 0. The van der Waals surface area contributed by atoms with E-state index in [1.807, 2.05) is 67.3 Å². The number of nitrogens with zero attached hydrogens (tertiary/aromatic N) is 1. The second-order valence-electron chi connectivity index (χ2n) is 7.45. The maximum Gasteiger partial charge on any atom is 0.245 e. The van der Waals surface area contributed by atoms with E-state index in [0.717, 1.165) is 48.2 Å². The normalized spacial score (nSPS) is 14.8. The molecule has 1 unspecified atom stereocenters. The molecule has 2 aromatic carbocycles. The van der Waals surface area contributed by atoms with Crippen molar-refractivity contribution >= 4 is 11.8 Å². The summed E-state index contributed by atoms with van der Waals surface area (Å²) in [5.41, 5.74) is 4.31. The van der Waals surface area contributed by atoms with Gasteiger partial charge in [-0.1, -0.05) is 54.1 Å². The number of likely N-dealkylation sites (tertiary alicyclic amines) is 1. The number of amides is 2. The van der Waals surface area contributed by atoms with Crippen LogP contribution in [0.25, 0.3) is 0 Å². The highest BCUT2D eigenvalue weighted by molar-refractivity contribution is 5.89. The zero-order valence-electron chi connectivity index (χ0n) is 16.2. The smallest absolute Gasteiger partial charge is 0.245 e. The summed E-state index contributed by atoms with van der Waals surface area (Å²) in [4.78, 5) is 27.6. The van der Waals surface area contributed by atoms with Crippen LogP contribution in [0, 0.1) is 13.8 Å². The molecule has 3 rings (SSSR count). The molecule has 2 aromatic rings. The molecule has 1 heterocycles. The minimum Gasteiger partial charge on any atom is -0.344 e. The van der Waals surface area contributed by atoms with Gasteiger partial charge in [0.15, 0.2) is 0 Å². The van der Waals surface area contributed by atoms with Crippen LogP contribution >= 0.6 is 0 Å². The zero-order valence-corrected chi connectivity index (χ0v) is 16.2. The standard InChI is InChI=1S/C23H28N2O2/c1-17-10-11-18(2)20(14-17)16-22(26)24-21(15-19-8-4-3-5-9-19)23(27)25-12-6-7-13-25/h3-5,8-11,14,21H,6-7,12-13,15-16H2,1-2H3,(H,24,26). The van der Waals surface area contributed by atoms with Crippen molar-refractivity contribution in [1.82, 2.24) is 10.2 Å². The Hall–Kier alpha value is -2.62. The van der Waals surface area contributed by atoms with Crippen molar-refractivity contribution in [3.05, 3.63) is 70.8 Å². The van der Waals surface area contributed by atoms with Gasteiger partial charge in [0.05, 0.1) is 6.42 Å². The molecule has 0 bridgehead atoms. The number of carbonyl (C=O) groups is 2. The summed E-state index contributed by atoms with van der Waals surface area (Å²) in [7, 11) is 0. The summed E-state index contributed by atoms with van der Waals surface area (Å²) in [6.45, 7) is 5.61. The van der Waals surface area contributed by atoms with Crippen molar-refractivity contribution in [3.8, 4) is 0 Å². The molecule has 4 heteroatoms. The largest absolute Gasteiger partial charge is 0.344 e. The monoisotopic (exact) mass is 364 g/mol. The molecule has 1 N–H and O–H groups in total. The van der Waals surface area contributed by atoms with E-state index in [1.54, 1.807) is 0 Å². The summed E-state index contributed by atoms with van der Waals surface area (Å²) in [5, 5.41) is 3.01. The highest BCUT2D eigenvalue weighted by Gasteiger charge is 2.28. The Labute approximate surface area is 161 Å². The highest BCUT2D eigenvalue weighted by Crippen LogP contribution is 2.14. The van der Waals surface area contributed by atoms with Gasteiger partial charge < -0.3 is 10.2 Å². The fourth-order valence-electron chi connectivity index (χ4n) is 3.62. The first-order valence-electron chi connectivity index (χ1n) is 9.71. The minimum absolute atomic E-state index is 0.0330. The van der Waals surface area contributed by atoms with Crippen LogP contribution in [-0.4, -0.2) is 35.8 Å². The molecule has 1 atom stereocenters. The molecule has 4 nitrogen and oxygen atoms in total. The van der Waals surface area contributed by atoms with Crippen LogP contribution in [0.3, 0.4) is 0 Å². The van der Waals surface area contributed by atoms with Crippen molar-refractivity contribution in [2.75, 3.05) is 13.1 Å². The lowest BCUT2D eigenvalue weighted by Gasteiger charge is -2.24. The molecule has 0 aromatic heterocycles. The maximum absolute atomic E-state index is 13.0. The summed E-state index contributed by atoms with van der Waals surface area (Å²) in [6, 6.07) is 15.5. The van der Waals surface area contributed by atoms with Crippen LogP contribution < -0.4 is 5.32 Å². The molecule has 1 aliphatic rings. The van der Waals surface area contributed by atoms with Gasteiger partial charge in [-0.2, -0.15) is 0 Å². The summed E-state index contributed by atoms with van der Waals surface area (Å²) in [5.74, 6) is -0.0668. The molecule has 0 radical (unpaired) electrons. The predicted molar refractivity (Wildman–Crippen MR) is 108 cm³/mol. The first-order valence-corrected chi connectivity index (χ1v) is 9.71. The maximum atomic E-state index is 13.0. The number of benzene rings is 2. The molecule has 0 aliphatic carbocycles. The fourth-order valence-corrected chi connectivity index (χ4v) is 3.62. The van der Waals surface area contributed by atoms with Crippen LogP contribution in [-0.2, 0) is 22.4 Å². The number of nitrogens with one attached hydrogen (secondary N) is 1. The van der Waals surface area contributed by atoms with E-state index in [0.29, 0.717) is 12.8 Å². The number of hydrogen-bond donors (Lipinski definition) is 1. The van der Waals surface area contributed by atoms with Gasteiger partial charge in [-0.3, -0.25) is 9.59 Å². The van der Waals surface area contributed by atoms with Crippen LogP contribution in [0.4, 0.5) is 0 Å². The molecule has 0 saturated carbocycles. The molecular formula is C23H28N2O2. The molecule has 142 valence electrons. The topological polar surface area (TPSA) is 49.4 Å². The van der Waals surface area contributed by atoms with Gasteiger partial charge in [-0.25, -0.2) is 0 Å². The predicted octanol–water partition coefficient (Wildman–Crippen LogP) is 3.20. The minimum atomic E-state index is -0.511. The third kappa shape index (κ3) is 5.19. The van der Waals surface area contributed by atoms with E-state index in [4.69, 9.17) is 0 Å². The lowest BCUT2D eigenvalue weighted by atomic mass is 10.0. The first-order chi connectivity index (χ1) is 13.0. The zero-order chi connectivity index (χ0) is 19.2. The van der Waals surface area contributed by atoms with Gasteiger partial charge in [0.1, 0.15) is 6.04 Å². The van der Waals surface area contributed by atoms with E-state index < -0.39 is 6.04 Å². The molecule has 0 spiro atoms. The second-order valence-corrected chi connectivity index (χ2v) is 7.45. The third-order valence-corrected chi connectivity index (χ3v) is 5.19. The van der Waals surface area contributed by atoms with E-state index in [2.05, 4.69) is 5.32 Å². The molecule has 1 fully saturated rings. The molecule has 1 saturated heterocycles. The average Bonchev–Trinajstić information content (AvgIpc) is 3.19. The van der Waals surface area contributed by atoms with Crippen LogP contribution in [0.1, 0.15) is 35.1 Å². The van der Waals surface area contributed by atoms with Gasteiger partial charge in [-0.05, 0) is 43.4 Å². The number of rotatable bonds is 6. The number of aryl methyl sites for hydroxylation is 2. The van der Waals surface area contributed by atoms with Crippen molar-refractivity contribution in [2.45, 2.75) is 45.6 Å². The quantitative estimate of drug-likeness (QED) is 0.856. The summed E-state index contributed by atoms with van der Waals surface area (Å²) in [6.07, 6.45) is 2.90. The van der Waals surface area contributed by atoms with E-state index in [1.165, 1.54) is 0 Å². The van der Waals surface area contributed by atoms with E-state index in [-0.39, 0.29) is 11.8 Å². The van der Waals surface area contributed by atoms with Crippen molar-refractivity contribution in [3.63, 3.8) is 0 Å². The fraction of sp³-hybridized carbons (Fsp3) is 0.391. The van der Waals surface area contributed by atoms with E-state index in [9.17, 15) is 9.59 Å². The van der Waals surface area contributed by atoms with Gasteiger partial charge in [0.25, 0.3) is 0 Å².